The minimum atomic E-state index is 0.0533. The summed E-state index contributed by atoms with van der Waals surface area (Å²) in [7, 11) is 5.67. The summed E-state index contributed by atoms with van der Waals surface area (Å²) in [5.74, 6) is 0.179. The van der Waals surface area contributed by atoms with Crippen LogP contribution in [0.3, 0.4) is 0 Å². The van der Waals surface area contributed by atoms with E-state index in [1.54, 1.807) is 0 Å². The molecule has 0 bridgehead atoms. The third-order valence-electron chi connectivity index (χ3n) is 3.31. The average molecular weight is 190 g/mol. The van der Waals surface area contributed by atoms with Crippen LogP contribution in [-0.2, 0) is 0 Å². The van der Waals surface area contributed by atoms with Crippen molar-refractivity contribution in [1.82, 2.24) is 0 Å². The molecule has 0 fully saturated rings. The predicted octanol–water partition coefficient (Wildman–Crippen LogP) is 2.48. The third kappa shape index (κ3) is 2.51. The number of aliphatic hydroxyl groups is 1. The van der Waals surface area contributed by atoms with Gasteiger partial charge in [-0.2, -0.15) is 0 Å². The molecular formula is C12H19BO. The Morgan fingerprint density at radius 1 is 1.64 bits per heavy atom. The Bertz CT molecular complexity index is 241. The zero-order chi connectivity index (χ0) is 10.6. The Hall–Kier alpha value is -0.495. The molecule has 0 heterocycles. The van der Waals surface area contributed by atoms with Gasteiger partial charge in [0.15, 0.2) is 0 Å². The summed E-state index contributed by atoms with van der Waals surface area (Å²) in [5, 5.41) is 9.27. The maximum atomic E-state index is 9.27. The molecule has 0 saturated carbocycles. The van der Waals surface area contributed by atoms with Crippen molar-refractivity contribution < 1.29 is 5.11 Å². The molecular weight excluding hydrogens is 171 g/mol. The molecule has 2 radical (unpaired) electrons. The van der Waals surface area contributed by atoms with Crippen molar-refractivity contribution in [1.29, 1.82) is 0 Å². The Labute approximate surface area is 88.3 Å². The van der Waals surface area contributed by atoms with Crippen molar-refractivity contribution in [3.8, 4) is 0 Å². The highest BCUT2D eigenvalue weighted by Gasteiger charge is 2.29. The van der Waals surface area contributed by atoms with Gasteiger partial charge in [-0.1, -0.05) is 37.0 Å². The standard InChI is InChI=1S/C12H19BO/c1-10-4-3-6-12(2,7-5-10)11(8-13)9-14/h4-5,7,11,14H,3,6,8-9H2,1-2H3. The van der Waals surface area contributed by atoms with Crippen molar-refractivity contribution in [2.45, 2.75) is 33.0 Å². The first kappa shape index (κ1) is 11.6. The molecule has 0 aromatic heterocycles. The van der Waals surface area contributed by atoms with Crippen LogP contribution < -0.4 is 0 Å². The lowest BCUT2D eigenvalue weighted by Crippen LogP contribution is -2.27. The van der Waals surface area contributed by atoms with Crippen LogP contribution in [0.5, 0.6) is 0 Å². The summed E-state index contributed by atoms with van der Waals surface area (Å²) < 4.78 is 0. The average Bonchev–Trinajstić information content (AvgIpc) is 2.32. The van der Waals surface area contributed by atoms with Gasteiger partial charge < -0.3 is 5.11 Å². The fourth-order valence-electron chi connectivity index (χ4n) is 1.98. The SMILES string of the molecule is [B]CC(CO)C1(C)C=CC(C)=CCC1. The zero-order valence-corrected chi connectivity index (χ0v) is 9.16. The molecule has 0 aromatic rings. The summed E-state index contributed by atoms with van der Waals surface area (Å²) in [4.78, 5) is 0. The Morgan fingerprint density at radius 3 is 2.93 bits per heavy atom. The van der Waals surface area contributed by atoms with Gasteiger partial charge in [-0.05, 0) is 31.1 Å². The molecule has 0 aliphatic heterocycles. The molecule has 1 rings (SSSR count). The van der Waals surface area contributed by atoms with Gasteiger partial charge in [0.1, 0.15) is 0 Å². The maximum Gasteiger partial charge on any atom is 0.0658 e. The molecule has 0 saturated heterocycles. The molecule has 1 aliphatic carbocycles. The maximum absolute atomic E-state index is 9.27. The van der Waals surface area contributed by atoms with Crippen LogP contribution in [0.2, 0.25) is 6.32 Å². The molecule has 1 N–H and O–H groups in total. The van der Waals surface area contributed by atoms with Crippen LogP contribution in [-0.4, -0.2) is 19.6 Å². The first-order valence-corrected chi connectivity index (χ1v) is 5.29. The fraction of sp³-hybridized carbons (Fsp3) is 0.667. The first-order valence-electron chi connectivity index (χ1n) is 5.29. The summed E-state index contributed by atoms with van der Waals surface area (Å²) >= 11 is 0. The van der Waals surface area contributed by atoms with Crippen LogP contribution in [0.1, 0.15) is 26.7 Å². The largest absolute Gasteiger partial charge is 0.396 e. The van der Waals surface area contributed by atoms with Crippen molar-refractivity contribution in [3.63, 3.8) is 0 Å². The van der Waals surface area contributed by atoms with Crippen molar-refractivity contribution in [3.05, 3.63) is 23.8 Å². The van der Waals surface area contributed by atoms with E-state index in [4.69, 9.17) is 7.85 Å². The lowest BCUT2D eigenvalue weighted by molar-refractivity contribution is 0.147. The fourth-order valence-corrected chi connectivity index (χ4v) is 1.98. The van der Waals surface area contributed by atoms with Crippen LogP contribution >= 0.6 is 0 Å². The zero-order valence-electron chi connectivity index (χ0n) is 9.16. The van der Waals surface area contributed by atoms with Gasteiger partial charge in [0.05, 0.1) is 7.85 Å². The van der Waals surface area contributed by atoms with E-state index >= 15 is 0 Å². The van der Waals surface area contributed by atoms with E-state index in [0.717, 1.165) is 12.8 Å². The molecule has 0 aromatic carbocycles. The first-order chi connectivity index (χ1) is 6.62. The third-order valence-corrected chi connectivity index (χ3v) is 3.31. The van der Waals surface area contributed by atoms with Gasteiger partial charge >= 0.3 is 0 Å². The van der Waals surface area contributed by atoms with Crippen LogP contribution in [0.25, 0.3) is 0 Å². The smallest absolute Gasteiger partial charge is 0.0658 e. The van der Waals surface area contributed by atoms with Gasteiger partial charge in [-0.25, -0.2) is 0 Å². The van der Waals surface area contributed by atoms with E-state index < -0.39 is 0 Å². The van der Waals surface area contributed by atoms with E-state index in [-0.39, 0.29) is 17.9 Å². The van der Waals surface area contributed by atoms with Crippen molar-refractivity contribution in [2.75, 3.05) is 6.61 Å². The van der Waals surface area contributed by atoms with E-state index in [1.165, 1.54) is 5.57 Å². The lowest BCUT2D eigenvalue weighted by atomic mass is 9.69. The highest BCUT2D eigenvalue weighted by Crippen LogP contribution is 2.38. The Kier molecular flexibility index (Phi) is 4.00. The van der Waals surface area contributed by atoms with E-state index in [1.807, 2.05) is 0 Å². The number of aliphatic hydroxyl groups excluding tert-OH is 1. The van der Waals surface area contributed by atoms with Crippen LogP contribution in [0, 0.1) is 11.3 Å². The van der Waals surface area contributed by atoms with Crippen LogP contribution in [0.4, 0.5) is 0 Å². The highest BCUT2D eigenvalue weighted by molar-refractivity contribution is 6.08. The molecule has 2 unspecified atom stereocenters. The minimum Gasteiger partial charge on any atom is -0.396 e. The molecule has 1 aliphatic rings. The molecule has 14 heavy (non-hydrogen) atoms. The Morgan fingerprint density at radius 2 is 2.36 bits per heavy atom. The van der Waals surface area contributed by atoms with E-state index in [0.29, 0.717) is 6.32 Å². The minimum absolute atomic E-state index is 0.0533. The number of rotatable bonds is 3. The van der Waals surface area contributed by atoms with Gasteiger partial charge in [0, 0.05) is 6.61 Å². The topological polar surface area (TPSA) is 20.2 Å². The van der Waals surface area contributed by atoms with Crippen molar-refractivity contribution in [2.24, 2.45) is 11.3 Å². The van der Waals surface area contributed by atoms with Gasteiger partial charge in [0.2, 0.25) is 0 Å². The second-order valence-corrected chi connectivity index (χ2v) is 4.44. The van der Waals surface area contributed by atoms with E-state index in [2.05, 4.69) is 32.1 Å². The highest BCUT2D eigenvalue weighted by atomic mass is 16.3. The molecule has 0 spiro atoms. The van der Waals surface area contributed by atoms with Crippen molar-refractivity contribution >= 4 is 7.85 Å². The molecule has 76 valence electrons. The van der Waals surface area contributed by atoms with E-state index in [9.17, 15) is 5.11 Å². The number of hydrogen-bond acceptors (Lipinski definition) is 1. The molecule has 1 nitrogen and oxygen atoms in total. The quantitative estimate of drug-likeness (QED) is 0.678. The van der Waals surface area contributed by atoms with Gasteiger partial charge in [-0.3, -0.25) is 0 Å². The predicted molar refractivity (Wildman–Crippen MR) is 61.4 cm³/mol. The number of allylic oxidation sites excluding steroid dienone is 4. The monoisotopic (exact) mass is 190 g/mol. The number of hydrogen-bond donors (Lipinski definition) is 1. The Balaban J connectivity index is 2.79. The summed E-state index contributed by atoms with van der Waals surface area (Å²) in [6.45, 7) is 4.47. The van der Waals surface area contributed by atoms with Gasteiger partial charge in [0.25, 0.3) is 0 Å². The van der Waals surface area contributed by atoms with Gasteiger partial charge in [-0.15, -0.1) is 0 Å². The second-order valence-electron chi connectivity index (χ2n) is 4.44. The molecule has 2 heteroatoms. The lowest BCUT2D eigenvalue weighted by Gasteiger charge is -2.33. The summed E-state index contributed by atoms with van der Waals surface area (Å²) in [6, 6.07) is 0. The summed E-state index contributed by atoms with van der Waals surface area (Å²) in [6.07, 6.45) is 9.29. The molecule has 0 amide bonds. The molecule has 2 atom stereocenters. The summed E-state index contributed by atoms with van der Waals surface area (Å²) in [5.41, 5.74) is 1.36. The normalized spacial score (nSPS) is 29.5. The van der Waals surface area contributed by atoms with Crippen LogP contribution in [0.15, 0.2) is 23.8 Å². The second kappa shape index (κ2) is 4.83.